The second kappa shape index (κ2) is 98.0. The Balaban J connectivity index is -0.00000000167. The van der Waals surface area contributed by atoms with E-state index < -0.39 is 0 Å². The van der Waals surface area contributed by atoms with Gasteiger partial charge in [-0.2, -0.15) is 0 Å². The van der Waals surface area contributed by atoms with E-state index in [0.717, 1.165) is 0 Å². The summed E-state index contributed by atoms with van der Waals surface area (Å²) in [6.07, 6.45) is 0. The molecule has 0 amide bonds. The average molecular weight is 170 g/mol. The van der Waals surface area contributed by atoms with Crippen molar-refractivity contribution >= 4 is 24.8 Å². The number of hydrogen-bond acceptors (Lipinski definition) is 1. The molecule has 2 N–H and O–H groups in total. The molecule has 0 unspecified atom stereocenters. The molecule has 5 heavy (non-hydrogen) atoms. The molecule has 0 aliphatic carbocycles. The Hall–Kier alpha value is 0.859. The van der Waals surface area contributed by atoms with E-state index >= 15 is 0 Å². The molecular formula is H4Cl2CuO2. The summed E-state index contributed by atoms with van der Waals surface area (Å²) in [5.41, 5.74) is 0. The molecule has 0 radical (unpaired) electrons. The Morgan fingerprint density at radius 2 is 1.00 bits per heavy atom. The predicted octanol–water partition coefficient (Wildman–Crippen LogP) is -0.102. The van der Waals surface area contributed by atoms with Gasteiger partial charge in [0.15, 0.2) is 0 Å². The summed E-state index contributed by atoms with van der Waals surface area (Å²) in [5, 5.41) is 0. The fraction of sp³-hybridized carbons (Fsp3) is 0. The van der Waals surface area contributed by atoms with E-state index in [-0.39, 0.29) is 30.3 Å². The van der Waals surface area contributed by atoms with E-state index in [1.54, 1.807) is 0 Å². The van der Waals surface area contributed by atoms with E-state index in [4.69, 9.17) is 3.83 Å². The summed E-state index contributed by atoms with van der Waals surface area (Å²) in [6, 6.07) is 0. The van der Waals surface area contributed by atoms with Gasteiger partial charge >= 0.3 is 19.8 Å². The molecular weight excluding hydrogens is 166 g/mol. The molecule has 0 rings (SSSR count). The van der Waals surface area contributed by atoms with Crippen molar-refractivity contribution in [3.8, 4) is 0 Å². The van der Waals surface area contributed by atoms with Crippen molar-refractivity contribution in [1.29, 1.82) is 0 Å². The van der Waals surface area contributed by atoms with Crippen LogP contribution in [0.5, 0.6) is 0 Å². The van der Waals surface area contributed by atoms with Crippen LogP contribution in [-0.4, -0.2) is 5.48 Å². The van der Waals surface area contributed by atoms with Crippen molar-refractivity contribution in [3.63, 3.8) is 0 Å². The SMILES string of the molecule is Cl.Cl.O.[O]=[Cu]. The Bertz CT molecular complexity index is 7.61. The Kier molecular flexibility index (Phi) is 784. The van der Waals surface area contributed by atoms with Crippen molar-refractivity contribution in [2.75, 3.05) is 0 Å². The number of halogens is 2. The van der Waals surface area contributed by atoms with E-state index in [1.165, 1.54) is 0 Å². The molecule has 0 aliphatic heterocycles. The molecule has 0 aromatic carbocycles. The van der Waals surface area contributed by atoms with Crippen LogP contribution in [0.2, 0.25) is 0 Å². The molecule has 2 nitrogen and oxygen atoms in total. The predicted molar refractivity (Wildman–Crippen MR) is 18.8 cm³/mol. The van der Waals surface area contributed by atoms with Crippen molar-refractivity contribution in [2.24, 2.45) is 0 Å². The third-order valence-corrected chi connectivity index (χ3v) is 0. The van der Waals surface area contributed by atoms with Crippen LogP contribution >= 0.6 is 24.8 Å². The molecule has 41 valence electrons. The third-order valence-electron chi connectivity index (χ3n) is 0. The van der Waals surface area contributed by atoms with Gasteiger partial charge in [-0.25, -0.2) is 0 Å². The summed E-state index contributed by atoms with van der Waals surface area (Å²) in [5.74, 6) is 0. The molecule has 0 atom stereocenters. The molecule has 0 aliphatic rings. The third kappa shape index (κ3) is 53.8. The Morgan fingerprint density at radius 3 is 1.00 bits per heavy atom. The molecule has 5 heteroatoms. The van der Waals surface area contributed by atoms with Gasteiger partial charge < -0.3 is 5.48 Å². The molecule has 0 saturated heterocycles. The zero-order valence-corrected chi connectivity index (χ0v) is 4.60. The maximum atomic E-state index is 7.81. The molecule has 0 spiro atoms. The standard InChI is InChI=1S/2ClH.Cu.H2O.O/h2*1H;;1H2;. The summed E-state index contributed by atoms with van der Waals surface area (Å²) in [7, 11) is 0. The first-order valence-electron chi connectivity index (χ1n) is 0.123. The van der Waals surface area contributed by atoms with E-state index in [0.29, 0.717) is 0 Å². The van der Waals surface area contributed by atoms with Gasteiger partial charge in [-0.15, -0.1) is 24.8 Å². The zero-order valence-electron chi connectivity index (χ0n) is 2.03. The molecule has 0 saturated carbocycles. The fourth-order valence-corrected chi connectivity index (χ4v) is 0. The molecule has 0 heterocycles. The fourth-order valence-electron chi connectivity index (χ4n) is 0. The van der Waals surface area contributed by atoms with Gasteiger partial charge in [-0.3, -0.25) is 0 Å². The first-order chi connectivity index (χ1) is 1.00. The summed E-state index contributed by atoms with van der Waals surface area (Å²) in [6.45, 7) is 0. The average Bonchev–Trinajstić information content (AvgIpc) is 1.00. The van der Waals surface area contributed by atoms with Crippen LogP contribution in [0.4, 0.5) is 0 Å². The van der Waals surface area contributed by atoms with Crippen LogP contribution in [0.25, 0.3) is 0 Å². The zero-order chi connectivity index (χ0) is 2.00. The second-order valence-corrected chi connectivity index (χ2v) is 0. The van der Waals surface area contributed by atoms with Crippen LogP contribution in [0.15, 0.2) is 0 Å². The van der Waals surface area contributed by atoms with Crippen molar-refractivity contribution in [3.05, 3.63) is 0 Å². The van der Waals surface area contributed by atoms with Gasteiger partial charge in [0.05, 0.1) is 0 Å². The minimum atomic E-state index is 0. The monoisotopic (exact) mass is 169 g/mol. The van der Waals surface area contributed by atoms with Crippen LogP contribution < -0.4 is 0 Å². The second-order valence-electron chi connectivity index (χ2n) is 0. The topological polar surface area (TPSA) is 48.6 Å². The minimum absolute atomic E-state index is 0. The summed E-state index contributed by atoms with van der Waals surface area (Å²) < 4.78 is 7.81. The number of rotatable bonds is 0. The van der Waals surface area contributed by atoms with Crippen LogP contribution in [-0.2, 0) is 19.8 Å². The van der Waals surface area contributed by atoms with Gasteiger partial charge in [0.1, 0.15) is 0 Å². The summed E-state index contributed by atoms with van der Waals surface area (Å²) in [4.78, 5) is 0. The Morgan fingerprint density at radius 1 is 1.00 bits per heavy atom. The van der Waals surface area contributed by atoms with Gasteiger partial charge in [0.25, 0.3) is 0 Å². The van der Waals surface area contributed by atoms with E-state index in [1.807, 2.05) is 0 Å². The Labute approximate surface area is 50.5 Å². The van der Waals surface area contributed by atoms with Crippen molar-refractivity contribution in [2.45, 2.75) is 0 Å². The molecule has 0 aromatic rings. The van der Waals surface area contributed by atoms with Crippen LogP contribution in [0.1, 0.15) is 0 Å². The normalized spacial score (nSPS) is 1.20. The van der Waals surface area contributed by atoms with E-state index in [2.05, 4.69) is 15.9 Å². The quantitative estimate of drug-likeness (QED) is 0.468. The molecule has 0 aromatic heterocycles. The van der Waals surface area contributed by atoms with Gasteiger partial charge in [-0.1, -0.05) is 0 Å². The first kappa shape index (κ1) is 40.0. The summed E-state index contributed by atoms with van der Waals surface area (Å²) >= 11 is 2.94. The van der Waals surface area contributed by atoms with Gasteiger partial charge in [0, 0.05) is 0 Å². The molecule has 0 fully saturated rings. The van der Waals surface area contributed by atoms with Crippen molar-refractivity contribution < 1.29 is 25.3 Å². The molecule has 0 bridgehead atoms. The van der Waals surface area contributed by atoms with Gasteiger partial charge in [0.2, 0.25) is 0 Å². The van der Waals surface area contributed by atoms with Crippen LogP contribution in [0, 0.1) is 0 Å². The first-order valence-corrected chi connectivity index (χ1v) is 0.508. The number of hydrogen-bond donors (Lipinski definition) is 0. The van der Waals surface area contributed by atoms with Crippen molar-refractivity contribution in [1.82, 2.24) is 0 Å². The maximum absolute atomic E-state index is 7.81. The van der Waals surface area contributed by atoms with E-state index in [9.17, 15) is 0 Å². The van der Waals surface area contributed by atoms with Crippen LogP contribution in [0.3, 0.4) is 0 Å². The van der Waals surface area contributed by atoms with Gasteiger partial charge in [-0.05, 0) is 0 Å².